The number of carbonyl (C=O) groups excluding carboxylic acids is 1. The minimum absolute atomic E-state index is 0.123. The lowest BCUT2D eigenvalue weighted by molar-refractivity contribution is -0.136. The molecule has 0 aliphatic rings. The maximum Gasteiger partial charge on any atom is 0.307 e. The molecule has 0 saturated heterocycles. The van der Waals surface area contributed by atoms with Crippen LogP contribution in [0, 0.1) is 5.82 Å². The second kappa shape index (κ2) is 10.1. The van der Waals surface area contributed by atoms with Crippen molar-refractivity contribution >= 4 is 43.7 Å². The third-order valence-corrected chi connectivity index (χ3v) is 5.44. The lowest BCUT2D eigenvalue weighted by Gasteiger charge is -2.15. The standard InChI is InChI=1S/C22H15Br2F2NO5/c23-17-7-13(9-20(29)30)8-18(24)21(17)32-15-4-5-19(28)16(10-15)22(31)27(26)11-12-2-1-3-14(25)6-12/h1-8,10,28H,9,11H2,(H,29,30). The molecule has 3 aromatic carbocycles. The van der Waals surface area contributed by atoms with Crippen LogP contribution < -0.4 is 4.74 Å². The van der Waals surface area contributed by atoms with Crippen molar-refractivity contribution in [3.8, 4) is 17.2 Å². The summed E-state index contributed by atoms with van der Waals surface area (Å²) in [6, 6.07) is 12.0. The van der Waals surface area contributed by atoms with Crippen molar-refractivity contribution in [1.29, 1.82) is 0 Å². The topological polar surface area (TPSA) is 87.1 Å². The number of carboxylic acid groups (broad SMARTS) is 1. The second-order valence-corrected chi connectivity index (χ2v) is 8.40. The zero-order valence-electron chi connectivity index (χ0n) is 16.2. The molecule has 0 aliphatic carbocycles. The van der Waals surface area contributed by atoms with Gasteiger partial charge in [0.25, 0.3) is 5.91 Å². The summed E-state index contributed by atoms with van der Waals surface area (Å²) in [4.78, 5) is 23.4. The SMILES string of the molecule is O=C(O)Cc1cc(Br)c(Oc2ccc(O)c(C(=O)N(F)Cc3cccc(F)c3)c2)c(Br)c1. The molecule has 0 spiro atoms. The number of ether oxygens (including phenoxy) is 1. The van der Waals surface area contributed by atoms with Gasteiger partial charge in [-0.3, -0.25) is 9.59 Å². The van der Waals surface area contributed by atoms with E-state index in [0.717, 1.165) is 6.07 Å². The van der Waals surface area contributed by atoms with Gasteiger partial charge in [-0.15, -0.1) is 0 Å². The summed E-state index contributed by atoms with van der Waals surface area (Å²) in [5, 5.41) is 18.9. The van der Waals surface area contributed by atoms with Gasteiger partial charge in [0.1, 0.15) is 17.3 Å². The Labute approximate surface area is 198 Å². The van der Waals surface area contributed by atoms with E-state index in [1.165, 1.54) is 36.4 Å². The Kier molecular flexibility index (Phi) is 7.47. The van der Waals surface area contributed by atoms with Gasteiger partial charge in [0.05, 0.1) is 27.5 Å². The van der Waals surface area contributed by atoms with E-state index in [9.17, 15) is 23.6 Å². The summed E-state index contributed by atoms with van der Waals surface area (Å²) < 4.78 is 34.4. The number of halogens is 4. The molecule has 0 saturated carbocycles. The van der Waals surface area contributed by atoms with Gasteiger partial charge in [-0.2, -0.15) is 5.12 Å². The monoisotopic (exact) mass is 569 g/mol. The van der Waals surface area contributed by atoms with Crippen molar-refractivity contribution in [3.05, 3.63) is 86.1 Å². The number of aromatic hydroxyl groups is 1. The molecule has 6 nitrogen and oxygen atoms in total. The molecule has 0 bridgehead atoms. The van der Waals surface area contributed by atoms with E-state index in [2.05, 4.69) is 31.9 Å². The highest BCUT2D eigenvalue weighted by Gasteiger charge is 2.21. The number of hydrogen-bond acceptors (Lipinski definition) is 4. The Morgan fingerprint density at radius 1 is 1.00 bits per heavy atom. The Hall–Kier alpha value is -2.98. The lowest BCUT2D eigenvalue weighted by atomic mass is 10.1. The van der Waals surface area contributed by atoms with Crippen molar-refractivity contribution in [2.45, 2.75) is 13.0 Å². The third kappa shape index (κ3) is 5.83. The number of aliphatic carboxylic acids is 1. The first kappa shape index (κ1) is 23.7. The van der Waals surface area contributed by atoms with Crippen molar-refractivity contribution in [1.82, 2.24) is 5.12 Å². The summed E-state index contributed by atoms with van der Waals surface area (Å²) in [5.41, 5.74) is 0.411. The molecule has 3 rings (SSSR count). The fourth-order valence-corrected chi connectivity index (χ4v) is 4.30. The number of hydrogen-bond donors (Lipinski definition) is 2. The summed E-state index contributed by atoms with van der Waals surface area (Å²) in [7, 11) is 0. The van der Waals surface area contributed by atoms with E-state index in [-0.39, 0.29) is 28.4 Å². The van der Waals surface area contributed by atoms with Crippen LogP contribution in [0.2, 0.25) is 0 Å². The summed E-state index contributed by atoms with van der Waals surface area (Å²) >= 11 is 6.62. The van der Waals surface area contributed by atoms with Gasteiger partial charge < -0.3 is 14.9 Å². The number of nitrogens with zero attached hydrogens (tertiary/aromatic N) is 1. The number of phenols is 1. The highest BCUT2D eigenvalue weighted by atomic mass is 79.9. The Bertz CT molecular complexity index is 1170. The molecule has 32 heavy (non-hydrogen) atoms. The van der Waals surface area contributed by atoms with Crippen LogP contribution in [0.4, 0.5) is 8.87 Å². The predicted molar refractivity (Wildman–Crippen MR) is 119 cm³/mol. The van der Waals surface area contributed by atoms with Crippen LogP contribution in [0.15, 0.2) is 63.5 Å². The fourth-order valence-electron chi connectivity index (χ4n) is 2.85. The molecule has 2 N–H and O–H groups in total. The molecule has 166 valence electrons. The van der Waals surface area contributed by atoms with E-state index < -0.39 is 30.0 Å². The molecule has 0 radical (unpaired) electrons. The number of phenolic OH excluding ortho intramolecular Hbond substituents is 1. The van der Waals surface area contributed by atoms with Crippen LogP contribution in [-0.4, -0.2) is 27.2 Å². The van der Waals surface area contributed by atoms with Gasteiger partial charge in [0, 0.05) is 0 Å². The van der Waals surface area contributed by atoms with Gasteiger partial charge in [0.15, 0.2) is 5.75 Å². The van der Waals surface area contributed by atoms with Crippen molar-refractivity contribution in [2.24, 2.45) is 0 Å². The molecule has 1 amide bonds. The first-order valence-electron chi connectivity index (χ1n) is 9.06. The summed E-state index contributed by atoms with van der Waals surface area (Å²) in [5.74, 6) is -2.73. The molecule has 0 atom stereocenters. The second-order valence-electron chi connectivity index (χ2n) is 6.70. The largest absolute Gasteiger partial charge is 0.507 e. The molecular formula is C22H15Br2F2NO5. The van der Waals surface area contributed by atoms with E-state index in [4.69, 9.17) is 9.84 Å². The van der Waals surface area contributed by atoms with Crippen LogP contribution >= 0.6 is 31.9 Å². The lowest BCUT2D eigenvalue weighted by Crippen LogP contribution is -2.22. The van der Waals surface area contributed by atoms with Gasteiger partial charge in [-0.1, -0.05) is 16.6 Å². The molecule has 0 unspecified atom stereocenters. The summed E-state index contributed by atoms with van der Waals surface area (Å²) in [6.45, 7) is -0.511. The van der Waals surface area contributed by atoms with Crippen molar-refractivity contribution in [2.75, 3.05) is 0 Å². The Morgan fingerprint density at radius 3 is 2.31 bits per heavy atom. The first-order valence-corrected chi connectivity index (χ1v) is 10.7. The highest BCUT2D eigenvalue weighted by Crippen LogP contribution is 2.39. The molecule has 3 aromatic rings. The van der Waals surface area contributed by atoms with Crippen LogP contribution in [0.5, 0.6) is 17.2 Å². The smallest absolute Gasteiger partial charge is 0.307 e. The van der Waals surface area contributed by atoms with E-state index in [1.807, 2.05) is 0 Å². The normalized spacial score (nSPS) is 10.6. The maximum atomic E-state index is 14.5. The van der Waals surface area contributed by atoms with Crippen LogP contribution in [-0.2, 0) is 17.8 Å². The number of rotatable bonds is 7. The Balaban J connectivity index is 1.82. The molecular weight excluding hydrogens is 556 g/mol. The van der Waals surface area contributed by atoms with Crippen molar-refractivity contribution < 1.29 is 33.4 Å². The minimum Gasteiger partial charge on any atom is -0.507 e. The van der Waals surface area contributed by atoms with Gasteiger partial charge in [-0.05, 0) is 85.5 Å². The van der Waals surface area contributed by atoms with Crippen molar-refractivity contribution in [3.63, 3.8) is 0 Å². The molecule has 0 aliphatic heterocycles. The predicted octanol–water partition coefficient (Wildman–Crippen LogP) is 6.00. The van der Waals surface area contributed by atoms with Gasteiger partial charge in [-0.25, -0.2) is 4.39 Å². The molecule has 0 aromatic heterocycles. The number of carboxylic acids is 1. The van der Waals surface area contributed by atoms with Crippen LogP contribution in [0.1, 0.15) is 21.5 Å². The van der Waals surface area contributed by atoms with Gasteiger partial charge >= 0.3 is 5.97 Å². The van der Waals surface area contributed by atoms with Crippen LogP contribution in [0.3, 0.4) is 0 Å². The van der Waals surface area contributed by atoms with Gasteiger partial charge in [0.2, 0.25) is 0 Å². The summed E-state index contributed by atoms with van der Waals surface area (Å²) in [6.07, 6.45) is -0.188. The zero-order chi connectivity index (χ0) is 23.4. The highest BCUT2D eigenvalue weighted by molar-refractivity contribution is 9.11. The fraction of sp³-hybridized carbons (Fsp3) is 0.0909. The number of carbonyl (C=O) groups is 2. The number of benzene rings is 3. The molecule has 0 fully saturated rings. The zero-order valence-corrected chi connectivity index (χ0v) is 19.4. The molecule has 0 heterocycles. The van der Waals surface area contributed by atoms with E-state index >= 15 is 0 Å². The maximum absolute atomic E-state index is 14.5. The average molecular weight is 571 g/mol. The first-order chi connectivity index (χ1) is 15.1. The van der Waals surface area contributed by atoms with E-state index in [1.54, 1.807) is 12.1 Å². The number of amides is 1. The third-order valence-electron chi connectivity index (χ3n) is 4.26. The van der Waals surface area contributed by atoms with E-state index in [0.29, 0.717) is 20.3 Å². The van der Waals surface area contributed by atoms with Crippen LogP contribution in [0.25, 0.3) is 0 Å². The molecule has 10 heteroatoms. The Morgan fingerprint density at radius 2 is 1.69 bits per heavy atom. The quantitative estimate of drug-likeness (QED) is 0.340. The minimum atomic E-state index is -1.13. The average Bonchev–Trinajstić information content (AvgIpc) is 2.71.